The van der Waals surface area contributed by atoms with E-state index in [-0.39, 0.29) is 6.04 Å². The Kier molecular flexibility index (Phi) is 4.75. The van der Waals surface area contributed by atoms with E-state index < -0.39 is 0 Å². The van der Waals surface area contributed by atoms with Crippen LogP contribution >= 0.6 is 0 Å². The van der Waals surface area contributed by atoms with Crippen LogP contribution < -0.4 is 15.2 Å². The summed E-state index contributed by atoms with van der Waals surface area (Å²) in [5.74, 6) is 1.43. The molecule has 0 aliphatic rings. The first-order valence-electron chi connectivity index (χ1n) is 9.16. The van der Waals surface area contributed by atoms with Gasteiger partial charge in [-0.1, -0.05) is 30.3 Å². The highest BCUT2D eigenvalue weighted by molar-refractivity contribution is 5.80. The number of fused-ring (bicyclic) bond motifs is 1. The second-order valence-corrected chi connectivity index (χ2v) is 6.74. The van der Waals surface area contributed by atoms with Gasteiger partial charge in [0.15, 0.2) is 11.5 Å². The number of nitrogens with two attached hydrogens (primary N) is 1. The topological polar surface area (TPSA) is 62.3 Å². The summed E-state index contributed by atoms with van der Waals surface area (Å²) in [7, 11) is 3.30. The number of hydrogen-bond acceptors (Lipinski definition) is 4. The van der Waals surface area contributed by atoms with Crippen LogP contribution in [0.4, 0.5) is 0 Å². The van der Waals surface area contributed by atoms with E-state index in [2.05, 4.69) is 39.9 Å². The van der Waals surface area contributed by atoms with Crippen LogP contribution in [0.25, 0.3) is 27.8 Å². The standard InChI is InChI=1S/C23H23N3O2/c1-15(24)16-10-11-21-20(13-16)25-14-26(21)18-7-4-6-17(12-18)19-8-5-9-22(27-2)23(19)28-3/h4-15H,24H2,1-3H3/t15-/m1/s1. The molecule has 3 aromatic carbocycles. The maximum Gasteiger partial charge on any atom is 0.168 e. The maximum atomic E-state index is 6.00. The summed E-state index contributed by atoms with van der Waals surface area (Å²) in [6, 6.07) is 20.3. The van der Waals surface area contributed by atoms with Crippen LogP contribution in [0.1, 0.15) is 18.5 Å². The van der Waals surface area contributed by atoms with E-state index in [1.807, 2.05) is 43.6 Å². The van der Waals surface area contributed by atoms with Gasteiger partial charge >= 0.3 is 0 Å². The van der Waals surface area contributed by atoms with Crippen molar-refractivity contribution in [2.75, 3.05) is 14.2 Å². The molecule has 2 N–H and O–H groups in total. The van der Waals surface area contributed by atoms with Crippen LogP contribution in [0.15, 0.2) is 67.0 Å². The van der Waals surface area contributed by atoms with Crippen molar-refractivity contribution < 1.29 is 9.47 Å². The van der Waals surface area contributed by atoms with Crippen molar-refractivity contribution in [2.45, 2.75) is 13.0 Å². The fraction of sp³-hybridized carbons (Fsp3) is 0.174. The molecule has 1 atom stereocenters. The molecule has 0 saturated carbocycles. The molecule has 0 amide bonds. The molecular formula is C23H23N3O2. The molecule has 1 heterocycles. The van der Waals surface area contributed by atoms with Gasteiger partial charge in [-0.3, -0.25) is 4.57 Å². The van der Waals surface area contributed by atoms with Gasteiger partial charge in [-0.2, -0.15) is 0 Å². The van der Waals surface area contributed by atoms with Gasteiger partial charge in [-0.15, -0.1) is 0 Å². The van der Waals surface area contributed by atoms with Gasteiger partial charge in [-0.05, 0) is 48.4 Å². The van der Waals surface area contributed by atoms with Gasteiger partial charge < -0.3 is 15.2 Å². The summed E-state index contributed by atoms with van der Waals surface area (Å²) in [6.07, 6.45) is 1.84. The van der Waals surface area contributed by atoms with Crippen molar-refractivity contribution in [3.05, 3.63) is 72.6 Å². The molecule has 0 unspecified atom stereocenters. The number of hydrogen-bond donors (Lipinski definition) is 1. The van der Waals surface area contributed by atoms with Gasteiger partial charge in [0.05, 0.1) is 25.3 Å². The Hall–Kier alpha value is -3.31. The zero-order valence-electron chi connectivity index (χ0n) is 16.2. The van der Waals surface area contributed by atoms with Crippen molar-refractivity contribution in [3.8, 4) is 28.3 Å². The Morgan fingerprint density at radius 3 is 2.54 bits per heavy atom. The SMILES string of the molecule is COc1cccc(-c2cccc(-n3cnc4cc([C@@H](C)N)ccc43)c2)c1OC. The van der Waals surface area contributed by atoms with Crippen LogP contribution in [0.2, 0.25) is 0 Å². The Morgan fingerprint density at radius 1 is 0.964 bits per heavy atom. The summed E-state index contributed by atoms with van der Waals surface area (Å²) >= 11 is 0. The van der Waals surface area contributed by atoms with Crippen molar-refractivity contribution in [3.63, 3.8) is 0 Å². The van der Waals surface area contributed by atoms with Gasteiger partial charge in [0.1, 0.15) is 6.33 Å². The first-order valence-corrected chi connectivity index (χ1v) is 9.16. The Labute approximate surface area is 164 Å². The number of rotatable bonds is 5. The van der Waals surface area contributed by atoms with Gasteiger partial charge in [0, 0.05) is 17.3 Å². The first-order chi connectivity index (χ1) is 13.6. The molecule has 5 heteroatoms. The van der Waals surface area contributed by atoms with Gasteiger partial charge in [0.25, 0.3) is 0 Å². The third kappa shape index (κ3) is 3.10. The highest BCUT2D eigenvalue weighted by atomic mass is 16.5. The lowest BCUT2D eigenvalue weighted by Gasteiger charge is -2.14. The van der Waals surface area contributed by atoms with Crippen LogP contribution in [-0.4, -0.2) is 23.8 Å². The van der Waals surface area contributed by atoms with Gasteiger partial charge in [-0.25, -0.2) is 4.98 Å². The quantitative estimate of drug-likeness (QED) is 0.549. The fourth-order valence-electron chi connectivity index (χ4n) is 3.46. The largest absolute Gasteiger partial charge is 0.493 e. The number of methoxy groups -OCH3 is 2. The molecule has 4 rings (SSSR count). The van der Waals surface area contributed by atoms with Crippen molar-refractivity contribution in [1.29, 1.82) is 0 Å². The van der Waals surface area contributed by atoms with Crippen molar-refractivity contribution >= 4 is 11.0 Å². The van der Waals surface area contributed by atoms with Crippen LogP contribution in [0.5, 0.6) is 11.5 Å². The molecule has 28 heavy (non-hydrogen) atoms. The molecule has 0 bridgehead atoms. The molecule has 0 aliphatic carbocycles. The predicted octanol–water partition coefficient (Wildman–Crippen LogP) is 4.73. The van der Waals surface area contributed by atoms with Gasteiger partial charge in [0.2, 0.25) is 0 Å². The van der Waals surface area contributed by atoms with E-state index in [1.165, 1.54) is 0 Å². The van der Waals surface area contributed by atoms with Crippen LogP contribution in [0, 0.1) is 0 Å². The number of nitrogens with zero attached hydrogens (tertiary/aromatic N) is 2. The zero-order valence-corrected chi connectivity index (χ0v) is 16.2. The Bertz CT molecular complexity index is 1130. The lowest BCUT2D eigenvalue weighted by molar-refractivity contribution is 0.356. The summed E-state index contributed by atoms with van der Waals surface area (Å²) in [5, 5.41) is 0. The van der Waals surface area contributed by atoms with Crippen LogP contribution in [0.3, 0.4) is 0 Å². The minimum Gasteiger partial charge on any atom is -0.493 e. The number of imidazole rings is 1. The molecular weight excluding hydrogens is 350 g/mol. The fourth-order valence-corrected chi connectivity index (χ4v) is 3.46. The molecule has 4 aromatic rings. The zero-order chi connectivity index (χ0) is 19.7. The second kappa shape index (κ2) is 7.37. The number of para-hydroxylation sites is 1. The molecule has 0 aliphatic heterocycles. The molecule has 0 saturated heterocycles. The third-order valence-electron chi connectivity index (χ3n) is 4.94. The smallest absolute Gasteiger partial charge is 0.168 e. The third-order valence-corrected chi connectivity index (χ3v) is 4.94. The number of benzene rings is 3. The number of aromatic nitrogens is 2. The lowest BCUT2D eigenvalue weighted by atomic mass is 10.0. The summed E-state index contributed by atoms with van der Waals surface area (Å²) in [5.41, 5.74) is 12.1. The average molecular weight is 373 g/mol. The number of ether oxygens (including phenoxy) is 2. The molecule has 5 nitrogen and oxygen atoms in total. The lowest BCUT2D eigenvalue weighted by Crippen LogP contribution is -2.04. The molecule has 142 valence electrons. The van der Waals surface area contributed by atoms with Crippen molar-refractivity contribution in [1.82, 2.24) is 9.55 Å². The summed E-state index contributed by atoms with van der Waals surface area (Å²) in [6.45, 7) is 1.98. The van der Waals surface area contributed by atoms with E-state index in [4.69, 9.17) is 15.2 Å². The monoisotopic (exact) mass is 373 g/mol. The molecule has 0 spiro atoms. The minimum absolute atomic E-state index is 0.0154. The summed E-state index contributed by atoms with van der Waals surface area (Å²) in [4.78, 5) is 4.56. The second-order valence-electron chi connectivity index (χ2n) is 6.74. The molecule has 0 radical (unpaired) electrons. The first kappa shape index (κ1) is 18.1. The highest BCUT2D eigenvalue weighted by Gasteiger charge is 2.13. The predicted molar refractivity (Wildman–Crippen MR) is 112 cm³/mol. The molecule has 0 fully saturated rings. The Morgan fingerprint density at radius 2 is 1.79 bits per heavy atom. The van der Waals surface area contributed by atoms with E-state index >= 15 is 0 Å². The normalized spacial score (nSPS) is 12.1. The van der Waals surface area contributed by atoms with E-state index in [9.17, 15) is 0 Å². The van der Waals surface area contributed by atoms with Crippen LogP contribution in [-0.2, 0) is 0 Å². The van der Waals surface area contributed by atoms with E-state index in [1.54, 1.807) is 14.2 Å². The van der Waals surface area contributed by atoms with E-state index in [0.29, 0.717) is 5.75 Å². The highest BCUT2D eigenvalue weighted by Crippen LogP contribution is 2.38. The Balaban J connectivity index is 1.81. The maximum absolute atomic E-state index is 6.00. The molecule has 1 aromatic heterocycles. The summed E-state index contributed by atoms with van der Waals surface area (Å²) < 4.78 is 13.1. The average Bonchev–Trinajstić information content (AvgIpc) is 3.16. The van der Waals surface area contributed by atoms with Crippen molar-refractivity contribution in [2.24, 2.45) is 5.73 Å². The van der Waals surface area contributed by atoms with E-state index in [0.717, 1.165) is 39.2 Å². The minimum atomic E-state index is -0.0154.